The summed E-state index contributed by atoms with van der Waals surface area (Å²) in [6.45, 7) is 0. The third-order valence-electron chi connectivity index (χ3n) is 1.65. The van der Waals surface area contributed by atoms with Gasteiger partial charge in [0.2, 0.25) is 0 Å². The Labute approximate surface area is 77.7 Å². The molecule has 0 N–H and O–H groups in total. The van der Waals surface area contributed by atoms with Gasteiger partial charge in [-0.3, -0.25) is 0 Å². The van der Waals surface area contributed by atoms with Crippen LogP contribution in [0, 0.1) is 5.82 Å². The molecule has 0 radical (unpaired) electrons. The molecule has 12 heavy (non-hydrogen) atoms. The van der Waals surface area contributed by atoms with Gasteiger partial charge in [-0.15, -0.1) is 0 Å². The Morgan fingerprint density at radius 3 is 2.00 bits per heavy atom. The molecule has 1 aromatic carbocycles. The minimum atomic E-state index is -1.71. The molecule has 0 atom stereocenters. The zero-order valence-corrected chi connectivity index (χ0v) is 10.7. The van der Waals surface area contributed by atoms with Crippen molar-refractivity contribution >= 4 is 18.4 Å². The Morgan fingerprint density at radius 2 is 1.58 bits per heavy atom. The molecule has 0 aliphatic heterocycles. The van der Waals surface area contributed by atoms with Gasteiger partial charge in [0.25, 0.3) is 0 Å². The van der Waals surface area contributed by atoms with Gasteiger partial charge in [0.15, 0.2) is 0 Å². The maximum atomic E-state index is 12.5. The monoisotopic (exact) mass is 274 g/mol. The van der Waals surface area contributed by atoms with Crippen molar-refractivity contribution in [3.63, 3.8) is 0 Å². The first-order valence-electron chi connectivity index (χ1n) is 4.22. The van der Waals surface area contributed by atoms with Crippen LogP contribution in [0.15, 0.2) is 24.3 Å². The molecule has 2 heteroatoms. The van der Waals surface area contributed by atoms with E-state index >= 15 is 0 Å². The summed E-state index contributed by atoms with van der Waals surface area (Å²) in [5.74, 6) is -0.136. The van der Waals surface area contributed by atoms with Crippen LogP contribution in [0.2, 0.25) is 14.8 Å². The molecule has 0 saturated carbocycles. The van der Waals surface area contributed by atoms with Crippen molar-refractivity contribution in [1.29, 1.82) is 0 Å². The zero-order valence-electron chi connectivity index (χ0n) is 7.89. The van der Waals surface area contributed by atoms with Crippen LogP contribution in [0.5, 0.6) is 0 Å². The van der Waals surface area contributed by atoms with E-state index in [2.05, 4.69) is 14.8 Å². The van der Waals surface area contributed by atoms with E-state index in [1.54, 1.807) is 12.1 Å². The standard InChI is InChI=1S/C7H6F.3CH3.Sn/c1-6-2-4-7(8)5-3-6;;;;/h2-5H,1H2;3*1H3;. The molecule has 0 aliphatic carbocycles. The molecule has 1 aromatic rings. The average molecular weight is 273 g/mol. The summed E-state index contributed by atoms with van der Waals surface area (Å²) >= 11 is -1.71. The molecule has 0 bridgehead atoms. The van der Waals surface area contributed by atoms with Crippen molar-refractivity contribution in [2.24, 2.45) is 0 Å². The van der Waals surface area contributed by atoms with Gasteiger partial charge < -0.3 is 0 Å². The van der Waals surface area contributed by atoms with Crippen LogP contribution in [-0.2, 0) is 4.44 Å². The van der Waals surface area contributed by atoms with Crippen LogP contribution < -0.4 is 0 Å². The van der Waals surface area contributed by atoms with Gasteiger partial charge in [0.05, 0.1) is 0 Å². The molecule has 66 valence electrons. The van der Waals surface area contributed by atoms with Crippen LogP contribution in [0.25, 0.3) is 0 Å². The molecule has 1 rings (SSSR count). The summed E-state index contributed by atoms with van der Waals surface area (Å²) in [4.78, 5) is 7.16. The molecule has 0 fully saturated rings. The SMILES string of the molecule is [CH3][Sn]([CH3])([CH3])[CH2]c1ccc(F)cc1. The van der Waals surface area contributed by atoms with E-state index in [1.807, 2.05) is 12.1 Å². The maximum absolute atomic E-state index is 12.5. The first kappa shape index (κ1) is 10.0. The van der Waals surface area contributed by atoms with E-state index in [1.165, 1.54) is 10.0 Å². The van der Waals surface area contributed by atoms with Crippen molar-refractivity contribution in [1.82, 2.24) is 0 Å². The van der Waals surface area contributed by atoms with Gasteiger partial charge >= 0.3 is 77.7 Å². The molecule has 0 spiro atoms. The summed E-state index contributed by atoms with van der Waals surface area (Å²) < 4.78 is 13.7. The van der Waals surface area contributed by atoms with E-state index in [9.17, 15) is 4.39 Å². The van der Waals surface area contributed by atoms with Gasteiger partial charge in [-0.05, 0) is 0 Å². The van der Waals surface area contributed by atoms with Crippen LogP contribution in [-0.4, -0.2) is 18.4 Å². The first-order chi connectivity index (χ1) is 5.47. The molecular formula is C10H15FSn. The second-order valence-corrected chi connectivity index (χ2v) is 20.0. The third kappa shape index (κ3) is 3.57. The van der Waals surface area contributed by atoms with Gasteiger partial charge in [0, 0.05) is 0 Å². The van der Waals surface area contributed by atoms with Crippen molar-refractivity contribution in [3.8, 4) is 0 Å². The van der Waals surface area contributed by atoms with Crippen LogP contribution in [0.1, 0.15) is 5.56 Å². The number of rotatable bonds is 2. The fourth-order valence-corrected chi connectivity index (χ4v) is 5.38. The fourth-order valence-electron chi connectivity index (χ4n) is 1.21. The van der Waals surface area contributed by atoms with Gasteiger partial charge in [-0.2, -0.15) is 0 Å². The Balaban J connectivity index is 2.71. The molecule has 0 amide bonds. The van der Waals surface area contributed by atoms with Crippen molar-refractivity contribution in [2.45, 2.75) is 19.3 Å². The molecule has 0 nitrogen and oxygen atoms in total. The normalized spacial score (nSPS) is 11.7. The predicted molar refractivity (Wildman–Crippen MR) is 53.5 cm³/mol. The second kappa shape index (κ2) is 3.77. The fraction of sp³-hybridized carbons (Fsp3) is 0.400. The zero-order chi connectivity index (χ0) is 9.19. The van der Waals surface area contributed by atoms with Crippen molar-refractivity contribution in [2.75, 3.05) is 0 Å². The molecule has 0 heterocycles. The van der Waals surface area contributed by atoms with Crippen molar-refractivity contribution in [3.05, 3.63) is 35.6 Å². The van der Waals surface area contributed by atoms with Crippen LogP contribution >= 0.6 is 0 Å². The Kier molecular flexibility index (Phi) is 3.15. The second-order valence-electron chi connectivity index (χ2n) is 4.36. The number of benzene rings is 1. The van der Waals surface area contributed by atoms with Crippen LogP contribution in [0.4, 0.5) is 4.39 Å². The summed E-state index contributed by atoms with van der Waals surface area (Å²) in [7, 11) is 0. The summed E-state index contributed by atoms with van der Waals surface area (Å²) in [5, 5.41) is 0. The average Bonchev–Trinajstić information content (AvgIpc) is 1.91. The molecular weight excluding hydrogens is 258 g/mol. The van der Waals surface area contributed by atoms with Crippen LogP contribution in [0.3, 0.4) is 0 Å². The summed E-state index contributed by atoms with van der Waals surface area (Å²) in [6.07, 6.45) is 0. The Morgan fingerprint density at radius 1 is 1.08 bits per heavy atom. The molecule has 0 saturated heterocycles. The number of hydrogen-bond donors (Lipinski definition) is 0. The van der Waals surface area contributed by atoms with Crippen molar-refractivity contribution < 1.29 is 4.39 Å². The topological polar surface area (TPSA) is 0 Å². The summed E-state index contributed by atoms with van der Waals surface area (Å²) in [5.41, 5.74) is 1.29. The van der Waals surface area contributed by atoms with Gasteiger partial charge in [0.1, 0.15) is 0 Å². The Hall–Kier alpha value is -0.0513. The summed E-state index contributed by atoms with van der Waals surface area (Å²) in [6, 6.07) is 6.90. The molecule has 0 aliphatic rings. The predicted octanol–water partition coefficient (Wildman–Crippen LogP) is 3.25. The molecule has 0 unspecified atom stereocenters. The number of halogens is 1. The first-order valence-corrected chi connectivity index (χ1v) is 14.8. The van der Waals surface area contributed by atoms with E-state index < -0.39 is 18.4 Å². The van der Waals surface area contributed by atoms with E-state index in [4.69, 9.17) is 0 Å². The minimum absolute atomic E-state index is 0.136. The van der Waals surface area contributed by atoms with Gasteiger partial charge in [-0.25, -0.2) is 0 Å². The number of hydrogen-bond acceptors (Lipinski definition) is 0. The third-order valence-corrected chi connectivity index (χ3v) is 5.84. The molecule has 0 aromatic heterocycles. The van der Waals surface area contributed by atoms with E-state index in [-0.39, 0.29) is 5.82 Å². The van der Waals surface area contributed by atoms with Gasteiger partial charge in [-0.1, -0.05) is 0 Å². The Bertz CT molecular complexity index is 246. The van der Waals surface area contributed by atoms with E-state index in [0.29, 0.717) is 0 Å². The quantitative estimate of drug-likeness (QED) is 0.725. The van der Waals surface area contributed by atoms with E-state index in [0.717, 1.165) is 0 Å².